The average Bonchev–Trinajstić information content (AvgIpc) is 2.98. The molecule has 1 aliphatic rings. The number of carbonyl (C=O) groups excluding carboxylic acids is 3. The summed E-state index contributed by atoms with van der Waals surface area (Å²) >= 11 is 6.25. The van der Waals surface area contributed by atoms with Crippen molar-refractivity contribution in [3.05, 3.63) is 64.7 Å². The van der Waals surface area contributed by atoms with Gasteiger partial charge >= 0.3 is 0 Å². The van der Waals surface area contributed by atoms with E-state index in [1.807, 2.05) is 0 Å². The van der Waals surface area contributed by atoms with E-state index in [0.29, 0.717) is 21.3 Å². The molecule has 0 bridgehead atoms. The number of sulfonamides is 1. The molecule has 0 aliphatic carbocycles. The minimum Gasteiger partial charge on any atom is -0.357 e. The van der Waals surface area contributed by atoms with E-state index in [1.165, 1.54) is 24.1 Å². The lowest BCUT2D eigenvalue weighted by Crippen LogP contribution is -2.49. The van der Waals surface area contributed by atoms with E-state index in [9.17, 15) is 22.8 Å². The fraction of sp³-hybridized carbons (Fsp3) is 0.318. The molecule has 170 valence electrons. The minimum atomic E-state index is -4.02. The van der Waals surface area contributed by atoms with Gasteiger partial charge in [-0.2, -0.15) is 0 Å². The zero-order valence-electron chi connectivity index (χ0n) is 17.7. The lowest BCUT2D eigenvalue weighted by atomic mass is 10.1. The van der Waals surface area contributed by atoms with Crippen LogP contribution >= 0.6 is 11.6 Å². The lowest BCUT2D eigenvalue weighted by Gasteiger charge is -2.31. The Morgan fingerprint density at radius 3 is 2.41 bits per heavy atom. The van der Waals surface area contributed by atoms with E-state index >= 15 is 0 Å². The standard InChI is InChI=1S/C22H24ClN3O5S/c1-3-18(21(28)24-2)25(14-15-8-4-6-10-17(15)23)20(27)12-13-26-22(29)16-9-5-7-11-19(16)32(26,30)31/h4-11,18H,3,12-14H2,1-2H3,(H,24,28)/t18-/m1/s1. The molecule has 1 N–H and O–H groups in total. The number of rotatable bonds is 8. The average molecular weight is 478 g/mol. The van der Waals surface area contributed by atoms with Crippen LogP contribution < -0.4 is 5.32 Å². The molecule has 0 unspecified atom stereocenters. The highest BCUT2D eigenvalue weighted by Crippen LogP contribution is 2.30. The first-order valence-electron chi connectivity index (χ1n) is 10.1. The van der Waals surface area contributed by atoms with Crippen molar-refractivity contribution in [2.45, 2.75) is 37.2 Å². The Bertz CT molecular complexity index is 1150. The number of fused-ring (bicyclic) bond motifs is 1. The number of benzene rings is 2. The number of amides is 3. The van der Waals surface area contributed by atoms with Crippen molar-refractivity contribution in [3.8, 4) is 0 Å². The number of hydrogen-bond acceptors (Lipinski definition) is 5. The highest BCUT2D eigenvalue weighted by Gasteiger charge is 2.41. The molecule has 10 heteroatoms. The van der Waals surface area contributed by atoms with Gasteiger partial charge in [0, 0.05) is 31.6 Å². The van der Waals surface area contributed by atoms with Crippen molar-refractivity contribution in [2.24, 2.45) is 0 Å². The van der Waals surface area contributed by atoms with Crippen molar-refractivity contribution in [3.63, 3.8) is 0 Å². The first-order chi connectivity index (χ1) is 15.2. The molecular formula is C22H24ClN3O5S. The van der Waals surface area contributed by atoms with Crippen molar-refractivity contribution in [1.82, 2.24) is 14.5 Å². The molecule has 0 aromatic heterocycles. The summed E-state index contributed by atoms with van der Waals surface area (Å²) in [5.41, 5.74) is 0.742. The maximum atomic E-state index is 13.2. The fourth-order valence-corrected chi connectivity index (χ4v) is 5.45. The quantitative estimate of drug-likeness (QED) is 0.628. The molecule has 32 heavy (non-hydrogen) atoms. The van der Waals surface area contributed by atoms with E-state index in [1.54, 1.807) is 43.3 Å². The van der Waals surface area contributed by atoms with Gasteiger partial charge in [0.15, 0.2) is 0 Å². The molecule has 3 rings (SSSR count). The van der Waals surface area contributed by atoms with Gasteiger partial charge in [-0.05, 0) is 30.2 Å². The third kappa shape index (κ3) is 4.49. The Morgan fingerprint density at radius 1 is 1.12 bits per heavy atom. The van der Waals surface area contributed by atoms with Crippen LogP contribution in [0.2, 0.25) is 5.02 Å². The maximum absolute atomic E-state index is 13.2. The lowest BCUT2D eigenvalue weighted by molar-refractivity contribution is -0.141. The summed E-state index contributed by atoms with van der Waals surface area (Å²) in [6.07, 6.45) is 0.0825. The van der Waals surface area contributed by atoms with Crippen LogP contribution in [0.3, 0.4) is 0 Å². The predicted octanol–water partition coefficient (Wildman–Crippen LogP) is 2.43. The summed E-state index contributed by atoms with van der Waals surface area (Å²) in [6.45, 7) is 1.53. The summed E-state index contributed by atoms with van der Waals surface area (Å²) in [4.78, 5) is 39.6. The molecule has 0 radical (unpaired) electrons. The van der Waals surface area contributed by atoms with Crippen LogP contribution in [0.4, 0.5) is 0 Å². The third-order valence-electron chi connectivity index (χ3n) is 5.37. The molecule has 0 saturated carbocycles. The second kappa shape index (κ2) is 9.70. The molecule has 0 spiro atoms. The van der Waals surface area contributed by atoms with Crippen LogP contribution in [0.1, 0.15) is 35.7 Å². The molecule has 1 atom stereocenters. The molecule has 8 nitrogen and oxygen atoms in total. The van der Waals surface area contributed by atoms with Crippen molar-refractivity contribution in [1.29, 1.82) is 0 Å². The van der Waals surface area contributed by atoms with Gasteiger partial charge in [0.25, 0.3) is 15.9 Å². The Labute approximate surface area is 192 Å². The normalized spacial score (nSPS) is 15.2. The van der Waals surface area contributed by atoms with Gasteiger partial charge in [0.05, 0.1) is 5.56 Å². The molecule has 1 aliphatic heterocycles. The van der Waals surface area contributed by atoms with Crippen LogP contribution in [-0.4, -0.2) is 55.0 Å². The molecular weight excluding hydrogens is 454 g/mol. The second-order valence-electron chi connectivity index (χ2n) is 7.28. The van der Waals surface area contributed by atoms with Crippen LogP contribution in [0.15, 0.2) is 53.4 Å². The smallest absolute Gasteiger partial charge is 0.269 e. The van der Waals surface area contributed by atoms with Crippen LogP contribution in [0.25, 0.3) is 0 Å². The van der Waals surface area contributed by atoms with Crippen molar-refractivity contribution < 1.29 is 22.8 Å². The van der Waals surface area contributed by atoms with E-state index in [4.69, 9.17) is 11.6 Å². The highest BCUT2D eigenvalue weighted by molar-refractivity contribution is 7.90. The number of hydrogen-bond donors (Lipinski definition) is 1. The Kier molecular flexibility index (Phi) is 7.20. The van der Waals surface area contributed by atoms with Gasteiger partial charge in [-0.1, -0.05) is 48.9 Å². The number of halogens is 1. The van der Waals surface area contributed by atoms with Crippen molar-refractivity contribution in [2.75, 3.05) is 13.6 Å². The number of nitrogens with one attached hydrogen (secondary N) is 1. The zero-order chi connectivity index (χ0) is 23.5. The summed E-state index contributed by atoms with van der Waals surface area (Å²) in [7, 11) is -2.53. The van der Waals surface area contributed by atoms with Gasteiger partial charge in [-0.3, -0.25) is 14.4 Å². The summed E-state index contributed by atoms with van der Waals surface area (Å²) in [5.74, 6) is -1.46. The monoisotopic (exact) mass is 477 g/mol. The molecule has 2 aromatic carbocycles. The third-order valence-corrected chi connectivity index (χ3v) is 7.58. The summed E-state index contributed by atoms with van der Waals surface area (Å²) in [6, 6.07) is 12.1. The molecule has 3 amide bonds. The number of nitrogens with zero attached hydrogens (tertiary/aromatic N) is 2. The van der Waals surface area contributed by atoms with E-state index in [0.717, 1.165) is 0 Å². The van der Waals surface area contributed by atoms with Crippen molar-refractivity contribution >= 4 is 39.3 Å². The minimum absolute atomic E-state index is 0.0674. The van der Waals surface area contributed by atoms with E-state index in [2.05, 4.69) is 5.32 Å². The second-order valence-corrected chi connectivity index (χ2v) is 9.52. The maximum Gasteiger partial charge on any atom is 0.269 e. The Hall–Kier alpha value is -2.91. The van der Waals surface area contributed by atoms with Crippen LogP contribution in [0.5, 0.6) is 0 Å². The number of carbonyl (C=O) groups is 3. The summed E-state index contributed by atoms with van der Waals surface area (Å²) < 4.78 is 26.2. The van der Waals surface area contributed by atoms with E-state index in [-0.39, 0.29) is 35.9 Å². The largest absolute Gasteiger partial charge is 0.357 e. The van der Waals surface area contributed by atoms with Gasteiger partial charge < -0.3 is 10.2 Å². The van der Waals surface area contributed by atoms with Gasteiger partial charge in [0.1, 0.15) is 10.9 Å². The van der Waals surface area contributed by atoms with Crippen LogP contribution in [-0.2, 0) is 26.2 Å². The zero-order valence-corrected chi connectivity index (χ0v) is 19.3. The Balaban J connectivity index is 1.83. The van der Waals surface area contributed by atoms with Gasteiger partial charge in [-0.25, -0.2) is 12.7 Å². The molecule has 0 fully saturated rings. The number of likely N-dealkylation sites (N-methyl/N-ethyl adjacent to an activating group) is 1. The first-order valence-corrected chi connectivity index (χ1v) is 11.9. The molecule has 2 aromatic rings. The van der Waals surface area contributed by atoms with Gasteiger partial charge in [0.2, 0.25) is 11.8 Å². The first kappa shape index (κ1) is 23.7. The fourth-order valence-electron chi connectivity index (χ4n) is 3.69. The van der Waals surface area contributed by atoms with Crippen LogP contribution in [0, 0.1) is 0 Å². The predicted molar refractivity (Wildman–Crippen MR) is 119 cm³/mol. The SMILES string of the molecule is CC[C@H](C(=O)NC)N(Cc1ccccc1Cl)C(=O)CCN1C(=O)c2ccccc2S1(=O)=O. The highest BCUT2D eigenvalue weighted by atomic mass is 35.5. The molecule has 0 saturated heterocycles. The molecule has 1 heterocycles. The van der Waals surface area contributed by atoms with Gasteiger partial charge in [-0.15, -0.1) is 0 Å². The topological polar surface area (TPSA) is 104 Å². The Morgan fingerprint density at radius 2 is 1.78 bits per heavy atom. The summed E-state index contributed by atoms with van der Waals surface area (Å²) in [5, 5.41) is 3.00. The van der Waals surface area contributed by atoms with E-state index < -0.39 is 27.9 Å².